The third kappa shape index (κ3) is 1.16. The number of benzene rings is 1. The van der Waals surface area contributed by atoms with Crippen molar-refractivity contribution in [1.82, 2.24) is 0 Å². The van der Waals surface area contributed by atoms with E-state index in [2.05, 4.69) is 32.0 Å². The van der Waals surface area contributed by atoms with Crippen LogP contribution in [0.3, 0.4) is 0 Å². The first-order valence-corrected chi connectivity index (χ1v) is 4.88. The molecule has 12 heavy (non-hydrogen) atoms. The molecule has 1 aromatic rings. The summed E-state index contributed by atoms with van der Waals surface area (Å²) in [6.07, 6.45) is 1.10. The van der Waals surface area contributed by atoms with E-state index in [4.69, 9.17) is 4.74 Å². The van der Waals surface area contributed by atoms with Gasteiger partial charge in [-0.15, -0.1) is 0 Å². The fourth-order valence-corrected chi connectivity index (χ4v) is 2.25. The Labute approximate surface area is 86.0 Å². The summed E-state index contributed by atoms with van der Waals surface area (Å²) in [5.74, 6) is 1.02. The van der Waals surface area contributed by atoms with Gasteiger partial charge in [0.15, 0.2) is 0 Å². The largest absolute Gasteiger partial charge is 0.496 e. The van der Waals surface area contributed by atoms with Gasteiger partial charge in [0.05, 0.1) is 35.7 Å². The second-order valence-electron chi connectivity index (χ2n) is 2.79. The van der Waals surface area contributed by atoms with Gasteiger partial charge in [-0.05, 0) is 18.6 Å². The Morgan fingerprint density at radius 2 is 2.33 bits per heavy atom. The number of hydrogen-bond donors (Lipinski definition) is 0. The molecule has 0 saturated heterocycles. The standard InChI is InChI=1S/C9H10INO/c1-12-9-4-2-3-8-7(9)5-6-11(8)10/h2-4H,5-6H2,1H3. The number of rotatable bonds is 1. The average Bonchev–Trinajstić information content (AvgIpc) is 2.48. The Balaban J connectivity index is 2.50. The lowest BCUT2D eigenvalue weighted by Crippen LogP contribution is -2.02. The van der Waals surface area contributed by atoms with Crippen molar-refractivity contribution in [3.63, 3.8) is 0 Å². The molecule has 0 spiro atoms. The summed E-state index contributed by atoms with van der Waals surface area (Å²) in [6.45, 7) is 1.09. The maximum absolute atomic E-state index is 5.28. The highest BCUT2D eigenvalue weighted by molar-refractivity contribution is 14.1. The minimum Gasteiger partial charge on any atom is -0.496 e. The van der Waals surface area contributed by atoms with Crippen LogP contribution in [0.15, 0.2) is 18.2 Å². The monoisotopic (exact) mass is 275 g/mol. The van der Waals surface area contributed by atoms with Gasteiger partial charge in [-0.2, -0.15) is 0 Å². The maximum atomic E-state index is 5.28. The first kappa shape index (κ1) is 8.16. The van der Waals surface area contributed by atoms with E-state index in [1.54, 1.807) is 7.11 Å². The van der Waals surface area contributed by atoms with Crippen molar-refractivity contribution >= 4 is 28.6 Å². The molecule has 0 fully saturated rings. The molecule has 1 aliphatic rings. The highest BCUT2D eigenvalue weighted by Crippen LogP contribution is 2.36. The zero-order valence-electron chi connectivity index (χ0n) is 6.88. The van der Waals surface area contributed by atoms with Crippen LogP contribution < -0.4 is 7.85 Å². The number of fused-ring (bicyclic) bond motifs is 1. The van der Waals surface area contributed by atoms with Crippen LogP contribution in [-0.2, 0) is 6.42 Å². The second-order valence-corrected chi connectivity index (χ2v) is 3.96. The third-order valence-corrected chi connectivity index (χ3v) is 3.15. The Morgan fingerprint density at radius 3 is 3.08 bits per heavy atom. The van der Waals surface area contributed by atoms with E-state index in [9.17, 15) is 0 Å². The van der Waals surface area contributed by atoms with Crippen LogP contribution in [0.1, 0.15) is 5.56 Å². The average molecular weight is 275 g/mol. The molecule has 0 amide bonds. The molecule has 1 aliphatic heterocycles. The van der Waals surface area contributed by atoms with Crippen molar-refractivity contribution in [3.8, 4) is 5.75 Å². The molecular formula is C9H10INO. The zero-order valence-corrected chi connectivity index (χ0v) is 9.04. The van der Waals surface area contributed by atoms with Crippen LogP contribution in [-0.4, -0.2) is 13.7 Å². The first-order chi connectivity index (χ1) is 5.83. The molecule has 0 aromatic heterocycles. The molecule has 0 bridgehead atoms. The normalized spacial score (nSPS) is 14.7. The molecule has 0 N–H and O–H groups in total. The van der Waals surface area contributed by atoms with Crippen molar-refractivity contribution in [1.29, 1.82) is 0 Å². The van der Waals surface area contributed by atoms with Crippen LogP contribution in [0.2, 0.25) is 0 Å². The van der Waals surface area contributed by atoms with Gasteiger partial charge in [-0.3, -0.25) is 0 Å². The Kier molecular flexibility index (Phi) is 2.12. The van der Waals surface area contributed by atoms with Gasteiger partial charge < -0.3 is 7.85 Å². The van der Waals surface area contributed by atoms with Crippen molar-refractivity contribution in [2.75, 3.05) is 16.8 Å². The van der Waals surface area contributed by atoms with Crippen molar-refractivity contribution < 1.29 is 4.74 Å². The lowest BCUT2D eigenvalue weighted by Gasteiger charge is -2.09. The van der Waals surface area contributed by atoms with E-state index in [0.717, 1.165) is 18.7 Å². The van der Waals surface area contributed by atoms with E-state index in [1.165, 1.54) is 11.3 Å². The fraction of sp³-hybridized carbons (Fsp3) is 0.333. The molecule has 0 atom stereocenters. The minimum atomic E-state index is 1.02. The predicted octanol–water partition coefficient (Wildman–Crippen LogP) is 2.41. The van der Waals surface area contributed by atoms with Crippen LogP contribution in [0, 0.1) is 0 Å². The van der Waals surface area contributed by atoms with E-state index in [0.29, 0.717) is 0 Å². The molecule has 2 rings (SSSR count). The second kappa shape index (κ2) is 3.12. The maximum Gasteiger partial charge on any atom is 0.124 e. The van der Waals surface area contributed by atoms with Crippen LogP contribution in [0.5, 0.6) is 5.75 Å². The molecule has 0 unspecified atom stereocenters. The summed E-state index contributed by atoms with van der Waals surface area (Å²) in [6, 6.07) is 6.20. The van der Waals surface area contributed by atoms with E-state index < -0.39 is 0 Å². The summed E-state index contributed by atoms with van der Waals surface area (Å²) in [7, 11) is 1.73. The predicted molar refractivity (Wildman–Crippen MR) is 58.1 cm³/mol. The summed E-state index contributed by atoms with van der Waals surface area (Å²) >= 11 is 2.33. The highest BCUT2D eigenvalue weighted by Gasteiger charge is 2.19. The number of hydrogen-bond acceptors (Lipinski definition) is 2. The summed E-state index contributed by atoms with van der Waals surface area (Å²) in [4.78, 5) is 0. The Hall–Kier alpha value is -0.450. The molecular weight excluding hydrogens is 265 g/mol. The SMILES string of the molecule is COc1cccc2c1CCN2I. The van der Waals surface area contributed by atoms with Gasteiger partial charge in [0.1, 0.15) is 5.75 Å². The smallest absolute Gasteiger partial charge is 0.124 e. The van der Waals surface area contributed by atoms with Gasteiger partial charge in [-0.25, -0.2) is 0 Å². The Bertz CT molecular complexity index is 301. The van der Waals surface area contributed by atoms with Gasteiger partial charge >= 0.3 is 0 Å². The van der Waals surface area contributed by atoms with Gasteiger partial charge in [0.2, 0.25) is 0 Å². The molecule has 1 aromatic carbocycles. The third-order valence-electron chi connectivity index (χ3n) is 2.15. The molecule has 0 aliphatic carbocycles. The lowest BCUT2D eigenvalue weighted by atomic mass is 10.1. The lowest BCUT2D eigenvalue weighted by molar-refractivity contribution is 0.411. The molecule has 64 valence electrons. The van der Waals surface area contributed by atoms with Gasteiger partial charge in [0.25, 0.3) is 0 Å². The van der Waals surface area contributed by atoms with Crippen LogP contribution in [0.4, 0.5) is 5.69 Å². The van der Waals surface area contributed by atoms with Crippen LogP contribution >= 0.6 is 22.9 Å². The number of nitrogens with zero attached hydrogens (tertiary/aromatic N) is 1. The molecule has 2 nitrogen and oxygen atoms in total. The van der Waals surface area contributed by atoms with Crippen LogP contribution in [0.25, 0.3) is 0 Å². The quantitative estimate of drug-likeness (QED) is 0.576. The minimum absolute atomic E-state index is 1.02. The number of ether oxygens (including phenoxy) is 1. The van der Waals surface area contributed by atoms with Gasteiger partial charge in [0, 0.05) is 12.1 Å². The van der Waals surface area contributed by atoms with E-state index >= 15 is 0 Å². The molecule has 0 radical (unpaired) electrons. The topological polar surface area (TPSA) is 12.5 Å². The van der Waals surface area contributed by atoms with Crippen molar-refractivity contribution in [2.45, 2.75) is 6.42 Å². The number of anilines is 1. The van der Waals surface area contributed by atoms with E-state index in [1.807, 2.05) is 12.1 Å². The molecule has 0 saturated carbocycles. The fourth-order valence-electron chi connectivity index (χ4n) is 1.55. The van der Waals surface area contributed by atoms with Crippen molar-refractivity contribution in [2.24, 2.45) is 0 Å². The molecule has 3 heteroatoms. The highest BCUT2D eigenvalue weighted by atomic mass is 127. The van der Waals surface area contributed by atoms with Gasteiger partial charge in [-0.1, -0.05) is 6.07 Å². The Morgan fingerprint density at radius 1 is 1.50 bits per heavy atom. The summed E-state index contributed by atoms with van der Waals surface area (Å²) in [5, 5.41) is 0. The van der Waals surface area contributed by atoms with E-state index in [-0.39, 0.29) is 0 Å². The number of methoxy groups -OCH3 is 1. The summed E-state index contributed by atoms with van der Waals surface area (Å²) < 4.78 is 7.51. The molecule has 1 heterocycles. The van der Waals surface area contributed by atoms with Crippen molar-refractivity contribution in [3.05, 3.63) is 23.8 Å². The zero-order chi connectivity index (χ0) is 8.55. The number of halogens is 1. The first-order valence-electron chi connectivity index (χ1n) is 3.92. The summed E-state index contributed by atoms with van der Waals surface area (Å²) in [5.41, 5.74) is 2.64.